The van der Waals surface area contributed by atoms with E-state index in [2.05, 4.69) is 10.6 Å². The highest BCUT2D eigenvalue weighted by molar-refractivity contribution is 7.18. The van der Waals surface area contributed by atoms with Crippen LogP contribution in [0.3, 0.4) is 0 Å². The van der Waals surface area contributed by atoms with E-state index in [1.165, 1.54) is 17.7 Å². The van der Waals surface area contributed by atoms with Crippen LogP contribution in [0.15, 0.2) is 65.6 Å². The van der Waals surface area contributed by atoms with E-state index in [9.17, 15) is 19.2 Å². The largest absolute Gasteiger partial charge is 0.375 e. The van der Waals surface area contributed by atoms with Gasteiger partial charge in [0, 0.05) is 43.7 Å². The average molecular weight is 515 g/mol. The molecule has 0 aliphatic carbocycles. The zero-order chi connectivity index (χ0) is 24.9. The van der Waals surface area contributed by atoms with E-state index >= 15 is 0 Å². The van der Waals surface area contributed by atoms with Crippen molar-refractivity contribution in [3.63, 3.8) is 0 Å². The minimum atomic E-state index is -0.515. The molecule has 0 radical (unpaired) electrons. The number of ether oxygens (including phenoxy) is 1. The Morgan fingerprint density at radius 1 is 1.00 bits per heavy atom. The van der Waals surface area contributed by atoms with Gasteiger partial charge in [0.15, 0.2) is 0 Å². The molecule has 0 spiro atoms. The van der Waals surface area contributed by atoms with Gasteiger partial charge in [-0.2, -0.15) is 0 Å². The second-order valence-corrected chi connectivity index (χ2v) is 9.67. The smallest absolute Gasteiger partial charge is 0.261 e. The normalized spacial score (nSPS) is 17.3. The van der Waals surface area contributed by atoms with Crippen molar-refractivity contribution in [2.75, 3.05) is 26.8 Å². The summed E-state index contributed by atoms with van der Waals surface area (Å²) in [6.45, 7) is 0.359. The molecule has 11 heteroatoms. The summed E-state index contributed by atoms with van der Waals surface area (Å²) < 4.78 is 6.91. The number of methoxy groups -OCH3 is 1. The Labute approximate surface area is 210 Å². The van der Waals surface area contributed by atoms with Crippen molar-refractivity contribution in [1.29, 1.82) is 0 Å². The third kappa shape index (κ3) is 5.79. The Bertz CT molecular complexity index is 1290. The number of benzene rings is 1. The summed E-state index contributed by atoms with van der Waals surface area (Å²) >= 11 is 7.09. The van der Waals surface area contributed by atoms with Crippen molar-refractivity contribution in [2.24, 2.45) is 0 Å². The molecule has 35 heavy (non-hydrogen) atoms. The number of likely N-dealkylation sites (tertiary alicyclic amines) is 1. The number of amides is 3. The summed E-state index contributed by atoms with van der Waals surface area (Å²) in [4.78, 5) is 52.1. The van der Waals surface area contributed by atoms with Gasteiger partial charge in [-0.25, -0.2) is 0 Å². The molecule has 2 N–H and O–H groups in total. The lowest BCUT2D eigenvalue weighted by atomic mass is 10.1. The standard InChI is InChI=1S/C24H23ClN4O5S/c1-34-14-22(31)28-12-17(18(13-28)27-24(33)19-9-10-20(25)35-19)26-23(32)15-5-7-16(8-6-15)29-11-3-2-4-21(29)30/h2-11,17-18H,12-14H2,1H3,(H,26,32)(H,27,33)/t17-,18+/m0/s1. The van der Waals surface area contributed by atoms with Gasteiger partial charge in [0.25, 0.3) is 17.4 Å². The lowest BCUT2D eigenvalue weighted by Gasteiger charge is -2.20. The van der Waals surface area contributed by atoms with Crippen LogP contribution < -0.4 is 16.2 Å². The highest BCUT2D eigenvalue weighted by Crippen LogP contribution is 2.22. The molecule has 1 aliphatic rings. The predicted molar refractivity (Wildman–Crippen MR) is 132 cm³/mol. The van der Waals surface area contributed by atoms with Crippen molar-refractivity contribution in [1.82, 2.24) is 20.1 Å². The Hall–Kier alpha value is -3.47. The molecule has 1 fully saturated rings. The van der Waals surface area contributed by atoms with Gasteiger partial charge in [0.2, 0.25) is 5.91 Å². The van der Waals surface area contributed by atoms with E-state index in [0.29, 0.717) is 20.5 Å². The van der Waals surface area contributed by atoms with Crippen LogP contribution in [0.5, 0.6) is 0 Å². The monoisotopic (exact) mass is 514 g/mol. The summed E-state index contributed by atoms with van der Waals surface area (Å²) in [6.07, 6.45) is 1.65. The van der Waals surface area contributed by atoms with Crippen LogP contribution in [0.25, 0.3) is 5.69 Å². The summed E-state index contributed by atoms with van der Waals surface area (Å²) in [5.41, 5.74) is 0.834. The zero-order valence-electron chi connectivity index (χ0n) is 18.8. The second kappa shape index (κ2) is 10.9. The number of aromatic nitrogens is 1. The third-order valence-electron chi connectivity index (χ3n) is 5.60. The van der Waals surface area contributed by atoms with Crippen LogP contribution in [-0.4, -0.2) is 66.1 Å². The first-order chi connectivity index (χ1) is 16.9. The summed E-state index contributed by atoms with van der Waals surface area (Å²) in [7, 11) is 1.43. The molecule has 4 rings (SSSR count). The Morgan fingerprint density at radius 3 is 2.29 bits per heavy atom. The Morgan fingerprint density at radius 2 is 1.69 bits per heavy atom. The van der Waals surface area contributed by atoms with Gasteiger partial charge in [-0.05, 0) is 42.5 Å². The minimum Gasteiger partial charge on any atom is -0.375 e. The summed E-state index contributed by atoms with van der Waals surface area (Å²) in [6, 6.07) is 13.7. The fourth-order valence-electron chi connectivity index (χ4n) is 3.86. The Balaban J connectivity index is 1.48. The molecule has 3 heterocycles. The van der Waals surface area contributed by atoms with Gasteiger partial charge in [0.05, 0.1) is 21.3 Å². The van der Waals surface area contributed by atoms with E-state index in [0.717, 1.165) is 11.3 Å². The van der Waals surface area contributed by atoms with Crippen molar-refractivity contribution in [3.8, 4) is 5.69 Å². The number of hydrogen-bond acceptors (Lipinski definition) is 6. The molecular weight excluding hydrogens is 492 g/mol. The molecule has 1 aliphatic heterocycles. The number of carbonyl (C=O) groups is 3. The van der Waals surface area contributed by atoms with E-state index in [-0.39, 0.29) is 43.0 Å². The first-order valence-electron chi connectivity index (χ1n) is 10.8. The van der Waals surface area contributed by atoms with Crippen molar-refractivity contribution >= 4 is 40.7 Å². The quantitative estimate of drug-likeness (QED) is 0.501. The molecular formula is C24H23ClN4O5S. The van der Waals surface area contributed by atoms with Crippen LogP contribution in [-0.2, 0) is 9.53 Å². The molecule has 1 saturated heterocycles. The average Bonchev–Trinajstić information content (AvgIpc) is 3.46. The number of thiophene rings is 1. The van der Waals surface area contributed by atoms with Crippen LogP contribution in [0.1, 0.15) is 20.0 Å². The van der Waals surface area contributed by atoms with Crippen molar-refractivity contribution < 1.29 is 19.1 Å². The molecule has 3 amide bonds. The van der Waals surface area contributed by atoms with E-state index < -0.39 is 12.1 Å². The number of pyridine rings is 1. The lowest BCUT2D eigenvalue weighted by molar-refractivity contribution is -0.134. The van der Waals surface area contributed by atoms with Crippen molar-refractivity contribution in [2.45, 2.75) is 12.1 Å². The first kappa shape index (κ1) is 24.6. The number of carbonyl (C=O) groups excluding carboxylic acids is 3. The van der Waals surface area contributed by atoms with Crippen LogP contribution in [0.2, 0.25) is 4.34 Å². The van der Waals surface area contributed by atoms with E-state index in [1.54, 1.807) is 59.6 Å². The topological polar surface area (TPSA) is 110 Å². The zero-order valence-corrected chi connectivity index (χ0v) is 20.3. The fourth-order valence-corrected chi connectivity index (χ4v) is 4.80. The Kier molecular flexibility index (Phi) is 7.64. The van der Waals surface area contributed by atoms with Crippen molar-refractivity contribution in [3.05, 3.63) is 85.9 Å². The van der Waals surface area contributed by atoms with Gasteiger partial charge < -0.3 is 20.3 Å². The van der Waals surface area contributed by atoms with Crippen LogP contribution in [0.4, 0.5) is 0 Å². The second-order valence-electron chi connectivity index (χ2n) is 7.95. The van der Waals surface area contributed by atoms with E-state index in [4.69, 9.17) is 16.3 Å². The maximum Gasteiger partial charge on any atom is 0.261 e. The molecule has 0 unspecified atom stereocenters. The maximum atomic E-state index is 13.0. The van der Waals surface area contributed by atoms with Gasteiger partial charge in [-0.15, -0.1) is 11.3 Å². The fraction of sp³-hybridized carbons (Fsp3) is 0.250. The lowest BCUT2D eigenvalue weighted by Crippen LogP contribution is -2.50. The number of nitrogens with zero attached hydrogens (tertiary/aromatic N) is 2. The molecule has 1 aromatic carbocycles. The van der Waals surface area contributed by atoms with Gasteiger partial charge >= 0.3 is 0 Å². The van der Waals surface area contributed by atoms with Gasteiger partial charge in [-0.3, -0.25) is 23.7 Å². The molecule has 2 atom stereocenters. The SMILES string of the molecule is COCC(=O)N1C[C@H](NC(=O)c2ccc(-n3ccccc3=O)cc2)[C@H](NC(=O)c2ccc(Cl)s2)C1. The van der Waals surface area contributed by atoms with E-state index in [1.807, 2.05) is 0 Å². The number of rotatable bonds is 7. The molecule has 2 aromatic heterocycles. The van der Waals surface area contributed by atoms with Crippen LogP contribution >= 0.6 is 22.9 Å². The minimum absolute atomic E-state index is 0.0951. The number of hydrogen-bond donors (Lipinski definition) is 2. The third-order valence-corrected chi connectivity index (χ3v) is 6.83. The maximum absolute atomic E-state index is 13.0. The number of halogens is 1. The predicted octanol–water partition coefficient (Wildman–Crippen LogP) is 1.94. The highest BCUT2D eigenvalue weighted by atomic mass is 35.5. The summed E-state index contributed by atoms with van der Waals surface area (Å²) in [5, 5.41) is 5.83. The molecule has 0 saturated carbocycles. The highest BCUT2D eigenvalue weighted by Gasteiger charge is 2.37. The van der Waals surface area contributed by atoms with Gasteiger partial charge in [0.1, 0.15) is 6.61 Å². The van der Waals surface area contributed by atoms with Gasteiger partial charge in [-0.1, -0.05) is 17.7 Å². The molecule has 182 valence electrons. The number of nitrogens with one attached hydrogen (secondary N) is 2. The molecule has 3 aromatic rings. The molecule has 9 nitrogen and oxygen atoms in total. The van der Waals surface area contributed by atoms with Crippen LogP contribution in [0, 0.1) is 0 Å². The first-order valence-corrected chi connectivity index (χ1v) is 12.0. The summed E-state index contributed by atoms with van der Waals surface area (Å²) in [5.74, 6) is -0.924. The molecule has 0 bridgehead atoms.